The van der Waals surface area contributed by atoms with Crippen molar-refractivity contribution in [1.29, 1.82) is 0 Å². The van der Waals surface area contributed by atoms with Crippen LogP contribution in [0.4, 0.5) is 0 Å². The minimum absolute atomic E-state index is 0.478. The first-order valence-electron chi connectivity index (χ1n) is 6.19. The molecule has 0 radical (unpaired) electrons. The van der Waals surface area contributed by atoms with E-state index in [9.17, 15) is 5.11 Å². The van der Waals surface area contributed by atoms with Crippen LogP contribution in [0.1, 0.15) is 37.8 Å². The van der Waals surface area contributed by atoms with E-state index in [0.717, 1.165) is 35.4 Å². The highest BCUT2D eigenvalue weighted by Gasteiger charge is 2.22. The quantitative estimate of drug-likeness (QED) is 0.636. The van der Waals surface area contributed by atoms with E-state index < -0.39 is 5.60 Å². The van der Waals surface area contributed by atoms with Gasteiger partial charge in [0.2, 0.25) is 0 Å². The van der Waals surface area contributed by atoms with Crippen molar-refractivity contribution in [3.63, 3.8) is 0 Å². The van der Waals surface area contributed by atoms with Gasteiger partial charge in [-0.25, -0.2) is 0 Å². The number of hydrogen-bond donors (Lipinski definition) is 2. The lowest BCUT2D eigenvalue weighted by Crippen LogP contribution is -2.22. The number of rotatable bonds is 4. The topological polar surface area (TPSA) is 62.0 Å². The standard InChI is InChI=1S/C14H19NO3/c1-14(2,16)8-9-18-13-5-3-4-10-11(13)6-7-12(10)15-17/h3-5,16-17H,6-9H2,1-2H3. The van der Waals surface area contributed by atoms with Gasteiger partial charge < -0.3 is 15.1 Å². The Morgan fingerprint density at radius 1 is 1.33 bits per heavy atom. The lowest BCUT2D eigenvalue weighted by atomic mass is 10.1. The van der Waals surface area contributed by atoms with Gasteiger partial charge in [-0.1, -0.05) is 17.3 Å². The Morgan fingerprint density at radius 2 is 2.11 bits per heavy atom. The summed E-state index contributed by atoms with van der Waals surface area (Å²) in [6, 6.07) is 5.76. The predicted octanol–water partition coefficient (Wildman–Crippen LogP) is 2.35. The molecule has 1 aliphatic carbocycles. The van der Waals surface area contributed by atoms with Crippen LogP contribution >= 0.6 is 0 Å². The number of oxime groups is 1. The van der Waals surface area contributed by atoms with Gasteiger partial charge in [-0.2, -0.15) is 0 Å². The fraction of sp³-hybridized carbons (Fsp3) is 0.500. The van der Waals surface area contributed by atoms with Crippen molar-refractivity contribution >= 4 is 5.71 Å². The van der Waals surface area contributed by atoms with Crippen LogP contribution in [0.25, 0.3) is 0 Å². The van der Waals surface area contributed by atoms with Crippen molar-refractivity contribution < 1.29 is 15.1 Å². The van der Waals surface area contributed by atoms with E-state index >= 15 is 0 Å². The van der Waals surface area contributed by atoms with Crippen LogP contribution in [0.2, 0.25) is 0 Å². The molecule has 0 saturated carbocycles. The van der Waals surface area contributed by atoms with Gasteiger partial charge in [-0.05, 0) is 32.8 Å². The van der Waals surface area contributed by atoms with Crippen molar-refractivity contribution in [3.8, 4) is 5.75 Å². The third kappa shape index (κ3) is 2.82. The minimum Gasteiger partial charge on any atom is -0.493 e. The maximum absolute atomic E-state index is 9.64. The Bertz CT molecular complexity index is 461. The highest BCUT2D eigenvalue weighted by molar-refractivity contribution is 6.04. The van der Waals surface area contributed by atoms with Crippen LogP contribution in [0.15, 0.2) is 23.4 Å². The van der Waals surface area contributed by atoms with Crippen LogP contribution in [-0.2, 0) is 6.42 Å². The number of fused-ring (bicyclic) bond motifs is 1. The normalized spacial score (nSPS) is 16.9. The molecule has 0 unspecified atom stereocenters. The molecule has 1 aromatic carbocycles. The Kier molecular flexibility index (Phi) is 3.57. The highest BCUT2D eigenvalue weighted by atomic mass is 16.5. The second-order valence-electron chi connectivity index (χ2n) is 5.24. The van der Waals surface area contributed by atoms with Gasteiger partial charge in [0.05, 0.1) is 17.9 Å². The Morgan fingerprint density at radius 3 is 2.78 bits per heavy atom. The number of benzene rings is 1. The zero-order chi connectivity index (χ0) is 13.2. The SMILES string of the molecule is CC(C)(O)CCOc1cccc2c1CCC2=NO. The first-order chi connectivity index (χ1) is 8.51. The maximum Gasteiger partial charge on any atom is 0.123 e. The first-order valence-corrected chi connectivity index (χ1v) is 6.19. The number of nitrogens with zero attached hydrogens (tertiary/aromatic N) is 1. The Labute approximate surface area is 107 Å². The van der Waals surface area contributed by atoms with Gasteiger partial charge in [0, 0.05) is 17.5 Å². The molecule has 0 aromatic heterocycles. The second-order valence-corrected chi connectivity index (χ2v) is 5.24. The summed E-state index contributed by atoms with van der Waals surface area (Å²) in [5, 5.41) is 21.8. The monoisotopic (exact) mass is 249 g/mol. The van der Waals surface area contributed by atoms with E-state index in [1.807, 2.05) is 18.2 Å². The molecule has 0 spiro atoms. The van der Waals surface area contributed by atoms with E-state index in [1.54, 1.807) is 13.8 Å². The molecule has 0 saturated heterocycles. The summed E-state index contributed by atoms with van der Waals surface area (Å²) in [5.74, 6) is 0.829. The lowest BCUT2D eigenvalue weighted by molar-refractivity contribution is 0.0552. The smallest absolute Gasteiger partial charge is 0.123 e. The number of aliphatic hydroxyl groups is 1. The number of ether oxygens (including phenoxy) is 1. The summed E-state index contributed by atoms with van der Waals surface area (Å²) >= 11 is 0. The van der Waals surface area contributed by atoms with Crippen molar-refractivity contribution in [3.05, 3.63) is 29.3 Å². The molecule has 0 heterocycles. The highest BCUT2D eigenvalue weighted by Crippen LogP contribution is 2.31. The molecule has 4 nitrogen and oxygen atoms in total. The Hall–Kier alpha value is -1.55. The average Bonchev–Trinajstić information content (AvgIpc) is 2.71. The van der Waals surface area contributed by atoms with Gasteiger partial charge in [0.25, 0.3) is 0 Å². The summed E-state index contributed by atoms with van der Waals surface area (Å²) in [4.78, 5) is 0. The van der Waals surface area contributed by atoms with Crippen molar-refractivity contribution in [2.24, 2.45) is 5.16 Å². The molecule has 4 heteroatoms. The summed E-state index contributed by atoms with van der Waals surface area (Å²) in [6.45, 7) is 4.01. The van der Waals surface area contributed by atoms with E-state index in [-0.39, 0.29) is 0 Å². The molecule has 2 N–H and O–H groups in total. The van der Waals surface area contributed by atoms with Gasteiger partial charge in [-0.15, -0.1) is 0 Å². The summed E-state index contributed by atoms with van der Waals surface area (Å²) in [6.07, 6.45) is 2.17. The third-order valence-electron chi connectivity index (χ3n) is 3.15. The zero-order valence-corrected chi connectivity index (χ0v) is 10.8. The summed E-state index contributed by atoms with van der Waals surface area (Å²) < 4.78 is 5.72. The van der Waals surface area contributed by atoms with Gasteiger partial charge in [0.15, 0.2) is 0 Å². The van der Waals surface area contributed by atoms with Crippen molar-refractivity contribution in [1.82, 2.24) is 0 Å². The molecular formula is C14H19NO3. The third-order valence-corrected chi connectivity index (χ3v) is 3.15. The minimum atomic E-state index is -0.713. The molecule has 0 aliphatic heterocycles. The average molecular weight is 249 g/mol. The van der Waals surface area contributed by atoms with E-state index in [0.29, 0.717) is 13.0 Å². The largest absolute Gasteiger partial charge is 0.493 e. The van der Waals surface area contributed by atoms with E-state index in [2.05, 4.69) is 5.16 Å². The summed E-state index contributed by atoms with van der Waals surface area (Å²) in [7, 11) is 0. The second kappa shape index (κ2) is 4.98. The first kappa shape index (κ1) is 12.9. The van der Waals surface area contributed by atoms with Gasteiger partial charge in [0.1, 0.15) is 5.75 Å². The molecular weight excluding hydrogens is 230 g/mol. The number of hydrogen-bond acceptors (Lipinski definition) is 4. The fourth-order valence-corrected chi connectivity index (χ4v) is 2.12. The van der Waals surface area contributed by atoms with Crippen LogP contribution in [0, 0.1) is 0 Å². The van der Waals surface area contributed by atoms with Crippen LogP contribution in [0.3, 0.4) is 0 Å². The molecule has 1 aliphatic rings. The maximum atomic E-state index is 9.64. The van der Waals surface area contributed by atoms with E-state index in [4.69, 9.17) is 9.94 Å². The molecule has 0 fully saturated rings. The fourth-order valence-electron chi connectivity index (χ4n) is 2.12. The van der Waals surface area contributed by atoms with Crippen molar-refractivity contribution in [2.45, 2.75) is 38.7 Å². The molecule has 2 rings (SSSR count). The zero-order valence-electron chi connectivity index (χ0n) is 10.8. The molecule has 0 atom stereocenters. The molecule has 0 amide bonds. The van der Waals surface area contributed by atoms with Crippen molar-refractivity contribution in [2.75, 3.05) is 6.61 Å². The van der Waals surface area contributed by atoms with Gasteiger partial charge in [-0.3, -0.25) is 0 Å². The summed E-state index contributed by atoms with van der Waals surface area (Å²) in [5.41, 5.74) is 2.08. The van der Waals surface area contributed by atoms with Crippen LogP contribution in [0.5, 0.6) is 5.75 Å². The molecule has 18 heavy (non-hydrogen) atoms. The van der Waals surface area contributed by atoms with Crippen LogP contribution in [-0.4, -0.2) is 28.2 Å². The van der Waals surface area contributed by atoms with E-state index in [1.165, 1.54) is 0 Å². The molecule has 98 valence electrons. The van der Waals surface area contributed by atoms with Crippen LogP contribution < -0.4 is 4.74 Å². The predicted molar refractivity (Wildman–Crippen MR) is 69.5 cm³/mol. The molecule has 1 aromatic rings. The van der Waals surface area contributed by atoms with Gasteiger partial charge >= 0.3 is 0 Å². The molecule has 0 bridgehead atoms. The Balaban J connectivity index is 2.09. The lowest BCUT2D eigenvalue weighted by Gasteiger charge is -2.18.